The molecule has 4 nitrogen and oxygen atoms in total. The number of aliphatic carboxylic acids is 1. The average Bonchev–Trinajstić information content (AvgIpc) is 2.38. The number of hydrogen-bond donors (Lipinski definition) is 2. The molecule has 19 heavy (non-hydrogen) atoms. The largest absolute Gasteiger partial charge is 0.496 e. The summed E-state index contributed by atoms with van der Waals surface area (Å²) >= 11 is 0. The number of ether oxygens (including phenoxy) is 1. The van der Waals surface area contributed by atoms with Crippen molar-refractivity contribution in [2.24, 2.45) is 0 Å². The summed E-state index contributed by atoms with van der Waals surface area (Å²) in [6.07, 6.45) is 1.27. The van der Waals surface area contributed by atoms with Gasteiger partial charge in [0.1, 0.15) is 11.3 Å². The minimum atomic E-state index is -0.996. The SMILES string of the molecule is CCC(C)NC(C)(Cc1ccccc1OC)C(=O)O. The highest BCUT2D eigenvalue weighted by atomic mass is 16.5. The molecule has 4 heteroatoms. The smallest absolute Gasteiger partial charge is 0.323 e. The molecule has 0 fully saturated rings. The Morgan fingerprint density at radius 2 is 2.11 bits per heavy atom. The van der Waals surface area contributed by atoms with E-state index in [2.05, 4.69) is 5.32 Å². The first kappa shape index (κ1) is 15.5. The normalized spacial score (nSPS) is 15.6. The second-order valence-corrected chi connectivity index (χ2v) is 5.08. The minimum absolute atomic E-state index is 0.149. The summed E-state index contributed by atoms with van der Waals surface area (Å²) < 4.78 is 5.28. The van der Waals surface area contributed by atoms with Crippen molar-refractivity contribution in [3.05, 3.63) is 29.8 Å². The van der Waals surface area contributed by atoms with E-state index in [1.54, 1.807) is 14.0 Å². The van der Waals surface area contributed by atoms with Gasteiger partial charge in [-0.2, -0.15) is 0 Å². The monoisotopic (exact) mass is 265 g/mol. The molecule has 2 unspecified atom stereocenters. The Morgan fingerprint density at radius 3 is 2.63 bits per heavy atom. The molecule has 0 aliphatic heterocycles. The van der Waals surface area contributed by atoms with Crippen molar-refractivity contribution in [1.82, 2.24) is 5.32 Å². The highest BCUT2D eigenvalue weighted by Crippen LogP contribution is 2.23. The quantitative estimate of drug-likeness (QED) is 0.795. The molecule has 0 heterocycles. The molecule has 2 N–H and O–H groups in total. The number of hydrogen-bond acceptors (Lipinski definition) is 3. The van der Waals surface area contributed by atoms with E-state index in [4.69, 9.17) is 4.74 Å². The molecule has 1 rings (SSSR count). The molecule has 0 radical (unpaired) electrons. The summed E-state index contributed by atoms with van der Waals surface area (Å²) in [6.45, 7) is 5.74. The van der Waals surface area contributed by atoms with Gasteiger partial charge in [0.05, 0.1) is 7.11 Å². The summed E-state index contributed by atoms with van der Waals surface area (Å²) in [7, 11) is 1.60. The lowest BCUT2D eigenvalue weighted by Gasteiger charge is -2.30. The number of rotatable bonds is 7. The first-order chi connectivity index (χ1) is 8.92. The first-order valence-electron chi connectivity index (χ1n) is 6.56. The number of carboxylic acid groups (broad SMARTS) is 1. The van der Waals surface area contributed by atoms with Gasteiger partial charge in [-0.15, -0.1) is 0 Å². The van der Waals surface area contributed by atoms with Gasteiger partial charge < -0.3 is 9.84 Å². The van der Waals surface area contributed by atoms with Crippen molar-refractivity contribution < 1.29 is 14.6 Å². The molecule has 0 saturated carbocycles. The summed E-state index contributed by atoms with van der Waals surface area (Å²) in [5.41, 5.74) is -0.102. The van der Waals surface area contributed by atoms with Crippen molar-refractivity contribution in [1.29, 1.82) is 0 Å². The van der Waals surface area contributed by atoms with Crippen LogP contribution >= 0.6 is 0 Å². The van der Waals surface area contributed by atoms with Crippen molar-refractivity contribution in [3.63, 3.8) is 0 Å². The zero-order valence-electron chi connectivity index (χ0n) is 12.1. The Hall–Kier alpha value is -1.55. The molecule has 0 spiro atoms. The lowest BCUT2D eigenvalue weighted by Crippen LogP contribution is -2.54. The standard InChI is InChI=1S/C15H23NO3/c1-5-11(2)16-15(3,14(17)18)10-12-8-6-7-9-13(12)19-4/h6-9,11,16H,5,10H2,1-4H3,(H,17,18). The van der Waals surface area contributed by atoms with E-state index in [-0.39, 0.29) is 6.04 Å². The minimum Gasteiger partial charge on any atom is -0.496 e. The van der Waals surface area contributed by atoms with Gasteiger partial charge in [0.25, 0.3) is 0 Å². The van der Waals surface area contributed by atoms with Crippen LogP contribution in [0.25, 0.3) is 0 Å². The third kappa shape index (κ3) is 3.96. The Bertz CT molecular complexity index is 433. The predicted octanol–water partition coefficient (Wildman–Crippen LogP) is 2.47. The summed E-state index contributed by atoms with van der Waals surface area (Å²) in [4.78, 5) is 11.6. The maximum Gasteiger partial charge on any atom is 0.323 e. The van der Waals surface area contributed by atoms with E-state index in [1.807, 2.05) is 38.1 Å². The Balaban J connectivity index is 2.98. The van der Waals surface area contributed by atoms with Crippen LogP contribution in [0.1, 0.15) is 32.8 Å². The van der Waals surface area contributed by atoms with Crippen LogP contribution in [0.4, 0.5) is 0 Å². The lowest BCUT2D eigenvalue weighted by atomic mass is 9.91. The van der Waals surface area contributed by atoms with Crippen LogP contribution in [0.5, 0.6) is 5.75 Å². The number of carboxylic acids is 1. The number of benzene rings is 1. The van der Waals surface area contributed by atoms with Crippen LogP contribution in [0.3, 0.4) is 0 Å². The number of carbonyl (C=O) groups is 1. The molecule has 1 aromatic rings. The second-order valence-electron chi connectivity index (χ2n) is 5.08. The molecule has 2 atom stereocenters. The van der Waals surface area contributed by atoms with Crippen molar-refractivity contribution in [2.75, 3.05) is 7.11 Å². The number of methoxy groups -OCH3 is 1. The predicted molar refractivity (Wildman–Crippen MR) is 75.6 cm³/mol. The van der Waals surface area contributed by atoms with Gasteiger partial charge in [0, 0.05) is 12.5 Å². The van der Waals surface area contributed by atoms with Gasteiger partial charge in [-0.1, -0.05) is 25.1 Å². The highest BCUT2D eigenvalue weighted by molar-refractivity contribution is 5.79. The van der Waals surface area contributed by atoms with E-state index in [0.717, 1.165) is 17.7 Å². The van der Waals surface area contributed by atoms with Crippen molar-refractivity contribution in [2.45, 2.75) is 45.2 Å². The van der Waals surface area contributed by atoms with Crippen LogP contribution in [0.15, 0.2) is 24.3 Å². The van der Waals surface area contributed by atoms with Crippen molar-refractivity contribution >= 4 is 5.97 Å². The van der Waals surface area contributed by atoms with E-state index in [9.17, 15) is 9.90 Å². The third-order valence-corrected chi connectivity index (χ3v) is 3.39. The number of para-hydroxylation sites is 1. The second kappa shape index (κ2) is 6.57. The topological polar surface area (TPSA) is 58.6 Å². The maximum absolute atomic E-state index is 11.6. The first-order valence-corrected chi connectivity index (χ1v) is 6.56. The summed E-state index contributed by atoms with van der Waals surface area (Å²) in [6, 6.07) is 7.67. The fraction of sp³-hybridized carbons (Fsp3) is 0.533. The fourth-order valence-electron chi connectivity index (χ4n) is 2.06. The molecule has 0 saturated heterocycles. The zero-order valence-corrected chi connectivity index (χ0v) is 12.1. The van der Waals surface area contributed by atoms with E-state index < -0.39 is 11.5 Å². The van der Waals surface area contributed by atoms with Gasteiger partial charge in [0.15, 0.2) is 0 Å². The van der Waals surface area contributed by atoms with Gasteiger partial charge in [-0.25, -0.2) is 0 Å². The van der Waals surface area contributed by atoms with Gasteiger partial charge in [-0.05, 0) is 31.9 Å². The molecule has 0 bridgehead atoms. The van der Waals surface area contributed by atoms with Crippen LogP contribution in [-0.2, 0) is 11.2 Å². The van der Waals surface area contributed by atoms with Crippen LogP contribution in [0, 0.1) is 0 Å². The fourth-order valence-corrected chi connectivity index (χ4v) is 2.06. The van der Waals surface area contributed by atoms with E-state index in [1.165, 1.54) is 0 Å². The van der Waals surface area contributed by atoms with Crippen LogP contribution in [0.2, 0.25) is 0 Å². The molecule has 0 aliphatic carbocycles. The average molecular weight is 265 g/mol. The molecular weight excluding hydrogens is 242 g/mol. The van der Waals surface area contributed by atoms with Gasteiger partial charge >= 0.3 is 5.97 Å². The Kier molecular flexibility index (Phi) is 5.36. The summed E-state index contributed by atoms with van der Waals surface area (Å²) in [5.74, 6) is -0.125. The molecule has 0 amide bonds. The molecule has 1 aromatic carbocycles. The summed E-state index contributed by atoms with van der Waals surface area (Å²) in [5, 5.41) is 12.7. The highest BCUT2D eigenvalue weighted by Gasteiger charge is 2.34. The number of nitrogens with one attached hydrogen (secondary N) is 1. The van der Waals surface area contributed by atoms with Crippen LogP contribution < -0.4 is 10.1 Å². The third-order valence-electron chi connectivity index (χ3n) is 3.39. The van der Waals surface area contributed by atoms with E-state index in [0.29, 0.717) is 6.42 Å². The van der Waals surface area contributed by atoms with Crippen LogP contribution in [-0.4, -0.2) is 29.8 Å². The Morgan fingerprint density at radius 1 is 1.47 bits per heavy atom. The van der Waals surface area contributed by atoms with Gasteiger partial charge in [-0.3, -0.25) is 10.1 Å². The maximum atomic E-state index is 11.6. The van der Waals surface area contributed by atoms with Crippen molar-refractivity contribution in [3.8, 4) is 5.75 Å². The van der Waals surface area contributed by atoms with Gasteiger partial charge in [0.2, 0.25) is 0 Å². The molecule has 0 aliphatic rings. The lowest BCUT2D eigenvalue weighted by molar-refractivity contribution is -0.144. The zero-order chi connectivity index (χ0) is 14.5. The molecule has 106 valence electrons. The molecule has 0 aromatic heterocycles. The Labute approximate surface area is 114 Å². The molecular formula is C15H23NO3. The van der Waals surface area contributed by atoms with E-state index >= 15 is 0 Å².